The molecule has 0 fully saturated rings. The Morgan fingerprint density at radius 3 is 2.73 bits per heavy atom. The van der Waals surface area contributed by atoms with Gasteiger partial charge in [0.1, 0.15) is 12.4 Å². The molecule has 3 aromatic rings. The number of carbonyl (C=O) groups is 2. The van der Waals surface area contributed by atoms with E-state index in [2.05, 4.69) is 15.3 Å². The standard InChI is InChI=1S/C22H15Cl2F3N4O2/c23-16-8-29-22(24)30-19(16)11-1-2-13-9-31(21(33)15(13)6-11)10-18(32)28-7-14-5-12(20(26)27)3-4-17(14)25/h1-6,8,20H,7,9-10H2,(H,28,32). The number of benzene rings is 2. The number of nitrogens with one attached hydrogen (secondary N) is 1. The van der Waals surface area contributed by atoms with Gasteiger partial charge in [0, 0.05) is 35.3 Å². The van der Waals surface area contributed by atoms with Gasteiger partial charge < -0.3 is 10.2 Å². The number of fused-ring (bicyclic) bond motifs is 1. The van der Waals surface area contributed by atoms with Crippen LogP contribution in [-0.4, -0.2) is 33.2 Å². The SMILES string of the molecule is O=C(CN1Cc2ccc(-c3nc(Cl)ncc3Cl)cc2C1=O)NCc1cc(C(F)F)ccc1F. The fraction of sp³-hybridized carbons (Fsp3) is 0.182. The molecule has 0 bridgehead atoms. The Hall–Kier alpha value is -3.17. The first-order valence-electron chi connectivity index (χ1n) is 9.66. The topological polar surface area (TPSA) is 75.2 Å². The summed E-state index contributed by atoms with van der Waals surface area (Å²) in [4.78, 5) is 34.4. The molecule has 0 aliphatic carbocycles. The van der Waals surface area contributed by atoms with E-state index in [1.165, 1.54) is 11.1 Å². The van der Waals surface area contributed by atoms with E-state index in [4.69, 9.17) is 23.2 Å². The summed E-state index contributed by atoms with van der Waals surface area (Å²) in [6, 6.07) is 8.01. The van der Waals surface area contributed by atoms with Crippen molar-refractivity contribution in [2.75, 3.05) is 6.54 Å². The smallest absolute Gasteiger partial charge is 0.263 e. The lowest BCUT2D eigenvalue weighted by molar-refractivity contribution is -0.122. The lowest BCUT2D eigenvalue weighted by Crippen LogP contribution is -2.37. The molecule has 0 radical (unpaired) electrons. The van der Waals surface area contributed by atoms with Crippen LogP contribution in [0, 0.1) is 5.82 Å². The van der Waals surface area contributed by atoms with Crippen molar-refractivity contribution in [3.63, 3.8) is 0 Å². The van der Waals surface area contributed by atoms with E-state index < -0.39 is 18.1 Å². The van der Waals surface area contributed by atoms with Gasteiger partial charge in [0.15, 0.2) is 0 Å². The molecule has 1 aliphatic rings. The summed E-state index contributed by atoms with van der Waals surface area (Å²) in [6.45, 7) is -0.355. The third-order valence-corrected chi connectivity index (χ3v) is 5.57. The summed E-state index contributed by atoms with van der Waals surface area (Å²) in [5.41, 5.74) is 1.63. The van der Waals surface area contributed by atoms with E-state index in [0.717, 1.165) is 18.2 Å². The second kappa shape index (κ2) is 9.36. The van der Waals surface area contributed by atoms with Crippen molar-refractivity contribution in [2.24, 2.45) is 0 Å². The molecule has 2 aromatic carbocycles. The van der Waals surface area contributed by atoms with Crippen molar-refractivity contribution in [3.05, 3.63) is 81.0 Å². The first-order chi connectivity index (χ1) is 15.7. The Morgan fingerprint density at radius 2 is 1.97 bits per heavy atom. The van der Waals surface area contributed by atoms with Crippen LogP contribution in [0.3, 0.4) is 0 Å². The molecule has 4 rings (SSSR count). The number of alkyl halides is 2. The van der Waals surface area contributed by atoms with Crippen LogP contribution in [0.25, 0.3) is 11.3 Å². The van der Waals surface area contributed by atoms with E-state index in [-0.39, 0.29) is 47.0 Å². The third-order valence-electron chi connectivity index (χ3n) is 5.11. The predicted molar refractivity (Wildman–Crippen MR) is 115 cm³/mol. The van der Waals surface area contributed by atoms with Gasteiger partial charge in [-0.15, -0.1) is 0 Å². The van der Waals surface area contributed by atoms with Crippen molar-refractivity contribution < 1.29 is 22.8 Å². The molecular formula is C22H15Cl2F3N4O2. The second-order valence-corrected chi connectivity index (χ2v) is 8.04. The molecule has 6 nitrogen and oxygen atoms in total. The lowest BCUT2D eigenvalue weighted by atomic mass is 10.0. The molecule has 0 spiro atoms. The van der Waals surface area contributed by atoms with Crippen LogP contribution in [0.5, 0.6) is 0 Å². The van der Waals surface area contributed by atoms with Gasteiger partial charge in [-0.25, -0.2) is 23.1 Å². The van der Waals surface area contributed by atoms with Gasteiger partial charge in [-0.05, 0) is 35.4 Å². The van der Waals surface area contributed by atoms with Crippen molar-refractivity contribution in [2.45, 2.75) is 19.5 Å². The minimum Gasteiger partial charge on any atom is -0.350 e. The summed E-state index contributed by atoms with van der Waals surface area (Å²) in [6.07, 6.45) is -1.39. The molecule has 170 valence electrons. The van der Waals surface area contributed by atoms with E-state index in [0.29, 0.717) is 22.4 Å². The van der Waals surface area contributed by atoms with Crippen molar-refractivity contribution in [1.29, 1.82) is 0 Å². The second-order valence-electron chi connectivity index (χ2n) is 7.30. The van der Waals surface area contributed by atoms with Crippen LogP contribution in [0.4, 0.5) is 13.2 Å². The number of halogens is 5. The average molecular weight is 495 g/mol. The molecule has 0 saturated heterocycles. The lowest BCUT2D eigenvalue weighted by Gasteiger charge is -2.15. The van der Waals surface area contributed by atoms with Gasteiger partial charge in [0.25, 0.3) is 12.3 Å². The maximum atomic E-state index is 13.9. The minimum atomic E-state index is -2.75. The van der Waals surface area contributed by atoms with Gasteiger partial charge in [-0.3, -0.25) is 9.59 Å². The zero-order valence-corrected chi connectivity index (χ0v) is 18.3. The first kappa shape index (κ1) is 23.0. The van der Waals surface area contributed by atoms with Gasteiger partial charge in [0.2, 0.25) is 11.2 Å². The quantitative estimate of drug-likeness (QED) is 0.499. The van der Waals surface area contributed by atoms with Crippen molar-refractivity contribution in [1.82, 2.24) is 20.2 Å². The highest BCUT2D eigenvalue weighted by Gasteiger charge is 2.29. The molecule has 0 saturated carbocycles. The van der Waals surface area contributed by atoms with Gasteiger partial charge in [0.05, 0.1) is 16.9 Å². The Kier molecular flexibility index (Phi) is 6.53. The molecule has 1 N–H and O–H groups in total. The fourth-order valence-corrected chi connectivity index (χ4v) is 3.81. The molecule has 33 heavy (non-hydrogen) atoms. The van der Waals surface area contributed by atoms with Crippen LogP contribution >= 0.6 is 23.2 Å². The normalized spacial score (nSPS) is 12.9. The van der Waals surface area contributed by atoms with E-state index >= 15 is 0 Å². The van der Waals surface area contributed by atoms with Gasteiger partial charge >= 0.3 is 0 Å². The third kappa shape index (κ3) is 4.94. The fourth-order valence-electron chi connectivity index (χ4n) is 3.47. The minimum absolute atomic E-state index is 0.00930. The molecule has 2 heterocycles. The highest BCUT2D eigenvalue weighted by molar-refractivity contribution is 6.33. The summed E-state index contributed by atoms with van der Waals surface area (Å²) in [5, 5.41) is 2.74. The number of nitrogens with zero attached hydrogens (tertiary/aromatic N) is 3. The monoisotopic (exact) mass is 494 g/mol. The number of carbonyl (C=O) groups excluding carboxylic acids is 2. The maximum Gasteiger partial charge on any atom is 0.263 e. The van der Waals surface area contributed by atoms with Crippen LogP contribution < -0.4 is 5.32 Å². The van der Waals surface area contributed by atoms with Crippen LogP contribution in [0.2, 0.25) is 10.3 Å². The Balaban J connectivity index is 1.43. The van der Waals surface area contributed by atoms with Crippen LogP contribution in [0.1, 0.15) is 33.5 Å². The number of hydrogen-bond acceptors (Lipinski definition) is 4. The Morgan fingerprint density at radius 1 is 1.18 bits per heavy atom. The molecule has 0 unspecified atom stereocenters. The predicted octanol–water partition coefficient (Wildman–Crippen LogP) is 4.80. The largest absolute Gasteiger partial charge is 0.350 e. The summed E-state index contributed by atoms with van der Waals surface area (Å²) < 4.78 is 39.5. The zero-order chi connectivity index (χ0) is 23.7. The van der Waals surface area contributed by atoms with Crippen molar-refractivity contribution in [3.8, 4) is 11.3 Å². The Bertz CT molecular complexity index is 1260. The average Bonchev–Trinajstić information content (AvgIpc) is 3.09. The summed E-state index contributed by atoms with van der Waals surface area (Å²) >= 11 is 12.0. The molecule has 0 atom stereocenters. The van der Waals surface area contributed by atoms with Gasteiger partial charge in [-0.2, -0.15) is 0 Å². The summed E-state index contributed by atoms with van der Waals surface area (Å²) in [5.74, 6) is -1.63. The Labute approximate surface area is 196 Å². The molecule has 2 amide bonds. The number of hydrogen-bond donors (Lipinski definition) is 1. The maximum absolute atomic E-state index is 13.9. The van der Waals surface area contributed by atoms with E-state index in [1.54, 1.807) is 18.2 Å². The highest BCUT2D eigenvalue weighted by atomic mass is 35.5. The number of aromatic nitrogens is 2. The zero-order valence-electron chi connectivity index (χ0n) is 16.8. The number of amides is 2. The molecular weight excluding hydrogens is 480 g/mol. The van der Waals surface area contributed by atoms with Crippen LogP contribution in [0.15, 0.2) is 42.6 Å². The van der Waals surface area contributed by atoms with E-state index in [1.807, 2.05) is 0 Å². The van der Waals surface area contributed by atoms with Crippen molar-refractivity contribution >= 4 is 35.0 Å². The molecule has 1 aliphatic heterocycles. The molecule has 11 heteroatoms. The van der Waals surface area contributed by atoms with Crippen LogP contribution in [-0.2, 0) is 17.9 Å². The molecule has 1 aromatic heterocycles. The highest BCUT2D eigenvalue weighted by Crippen LogP contribution is 2.31. The van der Waals surface area contributed by atoms with E-state index in [9.17, 15) is 22.8 Å². The first-order valence-corrected chi connectivity index (χ1v) is 10.4. The number of rotatable bonds is 6. The summed E-state index contributed by atoms with van der Waals surface area (Å²) in [7, 11) is 0. The van der Waals surface area contributed by atoms with Gasteiger partial charge in [-0.1, -0.05) is 29.8 Å².